The zero-order valence-electron chi connectivity index (χ0n) is 12.2. The van der Waals surface area contributed by atoms with Gasteiger partial charge in [-0.15, -0.1) is 0 Å². The Bertz CT molecular complexity index is 700. The van der Waals surface area contributed by atoms with E-state index in [-0.39, 0.29) is 0 Å². The molecule has 0 atom stereocenters. The molecule has 27 heavy (non-hydrogen) atoms. The molecular weight excluding hydrogens is 412 g/mol. The van der Waals surface area contributed by atoms with Gasteiger partial charge >= 0.3 is 30.5 Å². The number of hydrogen-bond acceptors (Lipinski definition) is 4. The van der Waals surface area contributed by atoms with Gasteiger partial charge in [-0.3, -0.25) is 14.9 Å². The number of rotatable bonds is 5. The van der Waals surface area contributed by atoms with Crippen molar-refractivity contribution in [2.45, 2.75) is 24.6 Å². The van der Waals surface area contributed by atoms with Crippen molar-refractivity contribution in [2.24, 2.45) is 0 Å². The smallest absolute Gasteiger partial charge is 0.321 e. The van der Waals surface area contributed by atoms with Gasteiger partial charge in [0.05, 0.1) is 4.92 Å². The topological polar surface area (TPSA) is 75.5 Å². The monoisotopic (exact) mass is 417 g/mol. The minimum atomic E-state index is -7.05. The van der Waals surface area contributed by atoms with Gasteiger partial charge in [0.1, 0.15) is 0 Å². The molecule has 0 bridgehead atoms. The first kappa shape index (κ1) is 22.4. The Morgan fingerprint density at radius 2 is 1.30 bits per heavy atom. The van der Waals surface area contributed by atoms with E-state index in [1.165, 1.54) is 0 Å². The first-order chi connectivity index (χ1) is 11.9. The number of non-ortho nitro benzene ring substituents is 1. The van der Waals surface area contributed by atoms with Crippen LogP contribution in [0.3, 0.4) is 0 Å². The van der Waals surface area contributed by atoms with E-state index in [1.54, 1.807) is 0 Å². The molecule has 0 spiro atoms. The van der Waals surface area contributed by atoms with E-state index in [0.29, 0.717) is 24.3 Å². The number of carbonyl (C=O) groups excluding carboxylic acids is 1. The minimum Gasteiger partial charge on any atom is -0.321 e. The molecular formula is C11H5F10N3O3. The quantitative estimate of drug-likeness (QED) is 0.339. The maximum atomic E-state index is 13.5. The molecule has 0 aliphatic heterocycles. The maximum Gasteiger partial charge on any atom is 0.472 e. The van der Waals surface area contributed by atoms with E-state index in [2.05, 4.69) is 0 Å². The molecule has 0 radical (unpaired) electrons. The summed E-state index contributed by atoms with van der Waals surface area (Å²) in [6.07, 6.45) is -14.0. The molecule has 1 amide bonds. The van der Waals surface area contributed by atoms with Gasteiger partial charge in [0.2, 0.25) is 0 Å². The second kappa shape index (κ2) is 6.82. The lowest BCUT2D eigenvalue weighted by atomic mass is 10.2. The summed E-state index contributed by atoms with van der Waals surface area (Å²) in [7, 11) is 0. The van der Waals surface area contributed by atoms with Crippen molar-refractivity contribution in [2.75, 3.05) is 5.32 Å². The van der Waals surface area contributed by atoms with Gasteiger partial charge in [-0.05, 0) is 12.1 Å². The summed E-state index contributed by atoms with van der Waals surface area (Å²) in [4.78, 5) is 16.9. The van der Waals surface area contributed by atoms with Gasteiger partial charge < -0.3 is 5.32 Å². The van der Waals surface area contributed by atoms with Crippen LogP contribution in [0.15, 0.2) is 24.3 Å². The van der Waals surface area contributed by atoms with Crippen LogP contribution in [0, 0.1) is 10.1 Å². The molecule has 0 fully saturated rings. The molecule has 0 saturated carbocycles. The Kier molecular flexibility index (Phi) is 5.66. The highest BCUT2D eigenvalue weighted by Crippen LogP contribution is 2.48. The fraction of sp³-hybridized carbons (Fsp3) is 0.364. The number of alkyl halides is 10. The van der Waals surface area contributed by atoms with Crippen molar-refractivity contribution in [1.29, 1.82) is 0 Å². The van der Waals surface area contributed by atoms with E-state index < -0.39 is 51.7 Å². The lowest BCUT2D eigenvalue weighted by Gasteiger charge is -2.36. The Morgan fingerprint density at radius 3 is 1.63 bits per heavy atom. The van der Waals surface area contributed by atoms with Gasteiger partial charge in [0, 0.05) is 17.8 Å². The first-order valence-electron chi connectivity index (χ1n) is 6.17. The first-order valence-corrected chi connectivity index (χ1v) is 6.17. The van der Waals surface area contributed by atoms with Gasteiger partial charge in [0.25, 0.3) is 5.69 Å². The third-order valence-electron chi connectivity index (χ3n) is 2.79. The predicted octanol–water partition coefficient (Wildman–Crippen LogP) is 4.10. The summed E-state index contributed by atoms with van der Waals surface area (Å²) in [5.74, 6) is -9.71. The largest absolute Gasteiger partial charge is 0.472 e. The average Bonchev–Trinajstić information content (AvgIpc) is 2.43. The Labute approximate surface area is 141 Å². The van der Waals surface area contributed by atoms with E-state index >= 15 is 0 Å². The van der Waals surface area contributed by atoms with Crippen molar-refractivity contribution in [3.63, 3.8) is 0 Å². The summed E-state index contributed by atoms with van der Waals surface area (Å²) in [6, 6.07) is -4.77. The molecule has 0 aliphatic rings. The van der Waals surface area contributed by atoms with E-state index in [9.17, 15) is 58.8 Å². The summed E-state index contributed by atoms with van der Waals surface area (Å²) < 4.78 is 127. The molecule has 0 aliphatic carbocycles. The van der Waals surface area contributed by atoms with Crippen LogP contribution in [-0.4, -0.2) is 40.3 Å². The molecule has 0 saturated heterocycles. The molecule has 16 heteroatoms. The van der Waals surface area contributed by atoms with Crippen LogP contribution in [0.1, 0.15) is 0 Å². The van der Waals surface area contributed by atoms with Crippen LogP contribution in [0.4, 0.5) is 55.3 Å². The third-order valence-corrected chi connectivity index (χ3v) is 2.79. The van der Waals surface area contributed by atoms with Gasteiger partial charge in [-0.1, -0.05) is 4.90 Å². The molecule has 1 N–H and O–H groups in total. The standard InChI is InChI=1S/C11H5F10N3O3/c12-8(13,9(14,15)24(10(16,17)18)11(19,20)21)7(25)22-5-1-3-6(4-2-5)23(26)27/h1-4H,(H,22,25). The zero-order chi connectivity index (χ0) is 21.4. The number of carbonyl (C=O) groups is 1. The van der Waals surface area contributed by atoms with Crippen LogP contribution in [0.5, 0.6) is 0 Å². The Hall–Kier alpha value is -2.65. The van der Waals surface area contributed by atoms with Crippen molar-refractivity contribution in [3.8, 4) is 0 Å². The molecule has 0 aromatic heterocycles. The second-order valence-corrected chi connectivity index (χ2v) is 4.64. The molecule has 1 rings (SSSR count). The highest BCUT2D eigenvalue weighted by Gasteiger charge is 2.77. The van der Waals surface area contributed by atoms with Crippen molar-refractivity contribution >= 4 is 17.3 Å². The van der Waals surface area contributed by atoms with Gasteiger partial charge in [-0.2, -0.15) is 43.9 Å². The molecule has 1 aromatic carbocycles. The summed E-state index contributed by atoms with van der Waals surface area (Å²) in [6.45, 7) is 0. The lowest BCUT2D eigenvalue weighted by molar-refractivity contribution is -0.462. The van der Waals surface area contributed by atoms with E-state index in [1.807, 2.05) is 0 Å². The molecule has 6 nitrogen and oxygen atoms in total. The van der Waals surface area contributed by atoms with Gasteiger partial charge in [-0.25, -0.2) is 0 Å². The van der Waals surface area contributed by atoms with Crippen LogP contribution < -0.4 is 5.32 Å². The second-order valence-electron chi connectivity index (χ2n) is 4.64. The van der Waals surface area contributed by atoms with Crippen LogP contribution in [0.2, 0.25) is 0 Å². The fourth-order valence-electron chi connectivity index (χ4n) is 1.62. The molecule has 1 aromatic rings. The number of nitrogens with zero attached hydrogens (tertiary/aromatic N) is 2. The van der Waals surface area contributed by atoms with Crippen LogP contribution >= 0.6 is 0 Å². The minimum absolute atomic E-state index is 0.537. The summed E-state index contributed by atoms with van der Waals surface area (Å²) in [5.41, 5.74) is -1.46. The number of nitro benzene ring substituents is 1. The number of nitro groups is 1. The highest BCUT2D eigenvalue weighted by atomic mass is 19.4. The van der Waals surface area contributed by atoms with Crippen molar-refractivity contribution in [1.82, 2.24) is 4.90 Å². The summed E-state index contributed by atoms with van der Waals surface area (Å²) in [5, 5.41) is 11.3. The fourth-order valence-corrected chi connectivity index (χ4v) is 1.62. The number of nitrogens with one attached hydrogen (secondary N) is 1. The number of halogens is 10. The van der Waals surface area contributed by atoms with E-state index in [0.717, 1.165) is 5.32 Å². The highest BCUT2D eigenvalue weighted by molar-refractivity contribution is 5.96. The Balaban J connectivity index is 3.21. The molecule has 0 unspecified atom stereocenters. The van der Waals surface area contributed by atoms with Crippen LogP contribution in [-0.2, 0) is 4.79 Å². The Morgan fingerprint density at radius 1 is 0.889 bits per heavy atom. The number of amides is 1. The van der Waals surface area contributed by atoms with E-state index in [4.69, 9.17) is 0 Å². The SMILES string of the molecule is O=C(Nc1ccc([N+](=O)[O-])cc1)C(F)(F)C(F)(F)N(C(F)(F)F)C(F)(F)F. The number of benzene rings is 1. The predicted molar refractivity (Wildman–Crippen MR) is 65.6 cm³/mol. The van der Waals surface area contributed by atoms with Crippen molar-refractivity contribution in [3.05, 3.63) is 34.4 Å². The summed E-state index contributed by atoms with van der Waals surface area (Å²) >= 11 is 0. The normalized spacial score (nSPS) is 13.6. The average molecular weight is 417 g/mol. The lowest BCUT2D eigenvalue weighted by Crippen LogP contribution is -2.67. The van der Waals surface area contributed by atoms with Crippen molar-refractivity contribution < 1.29 is 53.6 Å². The van der Waals surface area contributed by atoms with Crippen LogP contribution in [0.25, 0.3) is 0 Å². The molecule has 0 heterocycles. The zero-order valence-corrected chi connectivity index (χ0v) is 12.2. The maximum absolute atomic E-state index is 13.5. The molecule has 152 valence electrons. The number of anilines is 1. The van der Waals surface area contributed by atoms with Gasteiger partial charge in [0.15, 0.2) is 0 Å². The third kappa shape index (κ3) is 4.55. The number of hydrogen-bond donors (Lipinski definition) is 1.